The second kappa shape index (κ2) is 9.04. The van der Waals surface area contributed by atoms with Crippen LogP contribution in [0.25, 0.3) is 11.6 Å². The van der Waals surface area contributed by atoms with Crippen molar-refractivity contribution in [3.8, 4) is 17.7 Å². The van der Waals surface area contributed by atoms with Crippen molar-refractivity contribution >= 4 is 5.91 Å². The zero-order valence-electron chi connectivity index (χ0n) is 18.9. The molecule has 3 aromatic heterocycles. The summed E-state index contributed by atoms with van der Waals surface area (Å²) < 4.78 is 3.33. The van der Waals surface area contributed by atoms with Crippen molar-refractivity contribution in [3.05, 3.63) is 82.7 Å². The van der Waals surface area contributed by atoms with Gasteiger partial charge in [-0.3, -0.25) is 4.79 Å². The molecule has 0 spiro atoms. The van der Waals surface area contributed by atoms with Crippen molar-refractivity contribution in [2.75, 3.05) is 0 Å². The van der Waals surface area contributed by atoms with Crippen molar-refractivity contribution in [1.82, 2.24) is 34.8 Å². The molecule has 0 aliphatic heterocycles. The van der Waals surface area contributed by atoms with Crippen molar-refractivity contribution in [3.63, 3.8) is 0 Å². The molecule has 33 heavy (non-hydrogen) atoms. The van der Waals surface area contributed by atoms with E-state index in [0.717, 1.165) is 34.0 Å². The number of aromatic nitrogens is 6. The van der Waals surface area contributed by atoms with Crippen LogP contribution in [0.5, 0.6) is 0 Å². The summed E-state index contributed by atoms with van der Waals surface area (Å²) in [7, 11) is 0. The van der Waals surface area contributed by atoms with Gasteiger partial charge in [-0.05, 0) is 45.9 Å². The number of nitriles is 1. The van der Waals surface area contributed by atoms with E-state index in [2.05, 4.69) is 31.6 Å². The highest BCUT2D eigenvalue weighted by Gasteiger charge is 2.21. The van der Waals surface area contributed by atoms with Gasteiger partial charge in [0, 0.05) is 34.4 Å². The summed E-state index contributed by atoms with van der Waals surface area (Å²) in [6, 6.07) is 12.8. The second-order valence-electron chi connectivity index (χ2n) is 7.87. The van der Waals surface area contributed by atoms with Gasteiger partial charge in [-0.1, -0.05) is 18.2 Å². The van der Waals surface area contributed by atoms with Gasteiger partial charge in [-0.2, -0.15) is 15.5 Å². The molecule has 0 saturated heterocycles. The summed E-state index contributed by atoms with van der Waals surface area (Å²) in [4.78, 5) is 21.8. The van der Waals surface area contributed by atoms with E-state index >= 15 is 0 Å². The molecule has 9 heteroatoms. The van der Waals surface area contributed by atoms with E-state index < -0.39 is 6.04 Å². The Balaban J connectivity index is 1.51. The predicted molar refractivity (Wildman–Crippen MR) is 122 cm³/mol. The summed E-state index contributed by atoms with van der Waals surface area (Å²) in [5.74, 6) is 0.198. The number of aryl methyl sites for hydroxylation is 3. The molecule has 0 aliphatic carbocycles. The first kappa shape index (κ1) is 21.9. The van der Waals surface area contributed by atoms with Crippen molar-refractivity contribution in [2.45, 2.75) is 40.2 Å². The Labute approximate surface area is 191 Å². The Bertz CT molecular complexity index is 1330. The van der Waals surface area contributed by atoms with E-state index in [1.54, 1.807) is 21.8 Å². The van der Waals surface area contributed by atoms with Crippen LogP contribution in [-0.2, 0) is 11.2 Å². The Morgan fingerprint density at radius 3 is 2.48 bits per heavy atom. The molecule has 1 amide bonds. The van der Waals surface area contributed by atoms with Gasteiger partial charge in [0.25, 0.3) is 5.95 Å². The number of benzene rings is 1. The molecule has 0 aliphatic rings. The Hall–Kier alpha value is -4.32. The summed E-state index contributed by atoms with van der Waals surface area (Å²) in [5, 5.41) is 21.3. The van der Waals surface area contributed by atoms with Crippen LogP contribution in [0.4, 0.5) is 0 Å². The number of nitrogens with one attached hydrogen (secondary N) is 1. The molecule has 166 valence electrons. The molecule has 1 aromatic carbocycles. The van der Waals surface area contributed by atoms with E-state index in [-0.39, 0.29) is 12.3 Å². The summed E-state index contributed by atoms with van der Waals surface area (Å²) in [5.41, 5.74) is 5.47. The SMILES string of the molecule is Cc1cc(C)nc(-n2nc(C)c(CC(=O)NC(C#N)c3cnn(-c4ccccc4)c3)c2C)n1. The van der Waals surface area contributed by atoms with Crippen LogP contribution in [0.3, 0.4) is 0 Å². The van der Waals surface area contributed by atoms with E-state index in [4.69, 9.17) is 0 Å². The number of hydrogen-bond acceptors (Lipinski definition) is 6. The minimum absolute atomic E-state index is 0.0907. The average molecular weight is 441 g/mol. The Kier molecular flexibility index (Phi) is 6.00. The highest BCUT2D eigenvalue weighted by Crippen LogP contribution is 2.19. The number of nitrogens with zero attached hydrogens (tertiary/aromatic N) is 7. The third kappa shape index (κ3) is 4.65. The molecule has 4 aromatic rings. The minimum atomic E-state index is -0.812. The smallest absolute Gasteiger partial charge is 0.251 e. The molecule has 9 nitrogen and oxygen atoms in total. The lowest BCUT2D eigenvalue weighted by atomic mass is 10.1. The van der Waals surface area contributed by atoms with Gasteiger partial charge >= 0.3 is 0 Å². The quantitative estimate of drug-likeness (QED) is 0.493. The van der Waals surface area contributed by atoms with E-state index in [9.17, 15) is 10.1 Å². The predicted octanol–water partition coefficient (Wildman–Crippen LogP) is 3.01. The molecular formula is C24H24N8O. The van der Waals surface area contributed by atoms with Crippen molar-refractivity contribution in [2.24, 2.45) is 0 Å². The second-order valence-corrected chi connectivity index (χ2v) is 7.87. The zero-order valence-corrected chi connectivity index (χ0v) is 18.9. The van der Waals surface area contributed by atoms with E-state index in [0.29, 0.717) is 11.5 Å². The van der Waals surface area contributed by atoms with E-state index in [1.165, 1.54) is 0 Å². The minimum Gasteiger partial charge on any atom is -0.336 e. The largest absolute Gasteiger partial charge is 0.336 e. The first-order valence-electron chi connectivity index (χ1n) is 10.5. The number of para-hydroxylation sites is 1. The first-order valence-corrected chi connectivity index (χ1v) is 10.5. The lowest BCUT2D eigenvalue weighted by molar-refractivity contribution is -0.120. The molecule has 3 heterocycles. The summed E-state index contributed by atoms with van der Waals surface area (Å²) in [6.45, 7) is 7.54. The lowest BCUT2D eigenvalue weighted by Crippen LogP contribution is -2.29. The maximum atomic E-state index is 12.8. The van der Waals surface area contributed by atoms with Crippen molar-refractivity contribution in [1.29, 1.82) is 5.26 Å². The summed E-state index contributed by atoms with van der Waals surface area (Å²) in [6.07, 6.45) is 3.43. The van der Waals surface area contributed by atoms with Gasteiger partial charge in [-0.25, -0.2) is 19.3 Å². The Morgan fingerprint density at radius 2 is 1.82 bits per heavy atom. The third-order valence-corrected chi connectivity index (χ3v) is 5.33. The van der Waals surface area contributed by atoms with Crippen LogP contribution in [-0.4, -0.2) is 35.4 Å². The van der Waals surface area contributed by atoms with Gasteiger partial charge in [0.05, 0.1) is 30.1 Å². The number of carbonyl (C=O) groups excluding carboxylic acids is 1. The van der Waals surface area contributed by atoms with Crippen LogP contribution >= 0.6 is 0 Å². The highest BCUT2D eigenvalue weighted by molar-refractivity contribution is 5.80. The molecule has 0 radical (unpaired) electrons. The molecule has 1 atom stereocenters. The summed E-state index contributed by atoms with van der Waals surface area (Å²) >= 11 is 0. The monoisotopic (exact) mass is 440 g/mol. The zero-order chi connectivity index (χ0) is 23.5. The fourth-order valence-electron chi connectivity index (χ4n) is 3.70. The van der Waals surface area contributed by atoms with E-state index in [1.807, 2.05) is 64.1 Å². The fraction of sp³-hybridized carbons (Fsp3) is 0.250. The maximum Gasteiger partial charge on any atom is 0.251 e. The van der Waals surface area contributed by atoms with Crippen LogP contribution < -0.4 is 5.32 Å². The maximum absolute atomic E-state index is 12.8. The van der Waals surface area contributed by atoms with Crippen LogP contribution in [0.2, 0.25) is 0 Å². The van der Waals surface area contributed by atoms with Gasteiger partial charge in [-0.15, -0.1) is 0 Å². The molecule has 0 fully saturated rings. The third-order valence-electron chi connectivity index (χ3n) is 5.33. The standard InChI is InChI=1S/C24H24N8O/c1-15-10-16(2)28-24(27-15)32-18(4)21(17(3)30-32)11-23(33)29-22(12-25)19-13-26-31(14-19)20-8-6-5-7-9-20/h5-10,13-14,22H,11H2,1-4H3,(H,29,33). The first-order chi connectivity index (χ1) is 15.9. The molecule has 1 N–H and O–H groups in total. The van der Waals surface area contributed by atoms with Gasteiger partial charge in [0.15, 0.2) is 0 Å². The number of rotatable bonds is 6. The molecule has 4 rings (SSSR count). The molecule has 0 bridgehead atoms. The molecule has 0 saturated carbocycles. The van der Waals surface area contributed by atoms with Gasteiger partial charge in [0.1, 0.15) is 6.04 Å². The number of amides is 1. The normalized spacial score (nSPS) is 11.7. The topological polar surface area (TPSA) is 114 Å². The average Bonchev–Trinajstić information content (AvgIpc) is 3.38. The Morgan fingerprint density at radius 1 is 1.12 bits per heavy atom. The number of hydrogen-bond donors (Lipinski definition) is 1. The van der Waals surface area contributed by atoms with Crippen LogP contribution in [0, 0.1) is 39.0 Å². The van der Waals surface area contributed by atoms with Crippen LogP contribution in [0.1, 0.15) is 39.9 Å². The van der Waals surface area contributed by atoms with Gasteiger partial charge in [0.2, 0.25) is 5.91 Å². The van der Waals surface area contributed by atoms with Gasteiger partial charge < -0.3 is 5.32 Å². The molecule has 1 unspecified atom stereocenters. The highest BCUT2D eigenvalue weighted by atomic mass is 16.1. The molecular weight excluding hydrogens is 416 g/mol. The lowest BCUT2D eigenvalue weighted by Gasteiger charge is -2.10. The van der Waals surface area contributed by atoms with Crippen molar-refractivity contribution < 1.29 is 4.79 Å². The van der Waals surface area contributed by atoms with Crippen LogP contribution in [0.15, 0.2) is 48.8 Å². The number of carbonyl (C=O) groups is 1. The fourth-order valence-corrected chi connectivity index (χ4v) is 3.70.